The van der Waals surface area contributed by atoms with E-state index >= 15 is 0 Å². The van der Waals surface area contributed by atoms with Crippen molar-refractivity contribution in [3.8, 4) is 16.9 Å². The van der Waals surface area contributed by atoms with Crippen LogP contribution in [0, 0.1) is 18.6 Å². The number of rotatable bonds is 4. The Kier molecular flexibility index (Phi) is 5.51. The zero-order valence-electron chi connectivity index (χ0n) is 15.7. The van der Waals surface area contributed by atoms with Crippen LogP contribution < -0.4 is 16.0 Å². The number of ether oxygens (including phenoxy) is 1. The SMILES string of the molecule is COc1cccc(-c2c(C)[nH]c(=O)n(Cc3c(F)cccc3C(F)(F)F)c2=O)c1F. The van der Waals surface area contributed by atoms with Gasteiger partial charge in [0.2, 0.25) is 0 Å². The molecule has 0 aliphatic rings. The third-order valence-electron chi connectivity index (χ3n) is 4.57. The first-order valence-corrected chi connectivity index (χ1v) is 8.57. The molecule has 0 radical (unpaired) electrons. The third-order valence-corrected chi connectivity index (χ3v) is 4.57. The summed E-state index contributed by atoms with van der Waals surface area (Å²) in [7, 11) is 1.22. The number of nitrogens with zero attached hydrogens (tertiary/aromatic N) is 1. The van der Waals surface area contributed by atoms with E-state index in [1.807, 2.05) is 0 Å². The highest BCUT2D eigenvalue weighted by atomic mass is 19.4. The van der Waals surface area contributed by atoms with Gasteiger partial charge in [0.15, 0.2) is 11.6 Å². The van der Waals surface area contributed by atoms with Crippen LogP contribution in [0.15, 0.2) is 46.0 Å². The molecule has 30 heavy (non-hydrogen) atoms. The van der Waals surface area contributed by atoms with Crippen LogP contribution in [0.4, 0.5) is 22.0 Å². The van der Waals surface area contributed by atoms with Gasteiger partial charge in [0, 0.05) is 16.8 Å². The molecule has 0 atom stereocenters. The normalized spacial score (nSPS) is 11.6. The number of hydrogen-bond donors (Lipinski definition) is 1. The number of aromatic amines is 1. The van der Waals surface area contributed by atoms with Gasteiger partial charge in [-0.25, -0.2) is 13.6 Å². The number of nitrogens with one attached hydrogen (secondary N) is 1. The number of aryl methyl sites for hydroxylation is 1. The molecule has 0 unspecified atom stereocenters. The fourth-order valence-corrected chi connectivity index (χ4v) is 3.14. The van der Waals surface area contributed by atoms with Crippen molar-refractivity contribution in [1.82, 2.24) is 9.55 Å². The van der Waals surface area contributed by atoms with Crippen molar-refractivity contribution in [2.75, 3.05) is 7.11 Å². The Bertz CT molecular complexity index is 1230. The molecular formula is C20H15F5N2O3. The van der Waals surface area contributed by atoms with E-state index in [1.165, 1.54) is 32.2 Å². The van der Waals surface area contributed by atoms with E-state index < -0.39 is 46.7 Å². The zero-order valence-corrected chi connectivity index (χ0v) is 15.7. The van der Waals surface area contributed by atoms with Crippen molar-refractivity contribution >= 4 is 0 Å². The maximum Gasteiger partial charge on any atom is 0.416 e. The molecule has 0 amide bonds. The van der Waals surface area contributed by atoms with E-state index in [1.54, 1.807) is 0 Å². The van der Waals surface area contributed by atoms with Crippen LogP contribution >= 0.6 is 0 Å². The number of aromatic nitrogens is 2. The topological polar surface area (TPSA) is 64.1 Å². The molecule has 1 heterocycles. The fourth-order valence-electron chi connectivity index (χ4n) is 3.14. The van der Waals surface area contributed by atoms with Crippen molar-refractivity contribution in [3.05, 3.63) is 85.7 Å². The fraction of sp³-hybridized carbons (Fsp3) is 0.200. The molecule has 0 fully saturated rings. The van der Waals surface area contributed by atoms with Gasteiger partial charge in [-0.2, -0.15) is 13.2 Å². The summed E-state index contributed by atoms with van der Waals surface area (Å²) in [6, 6.07) is 6.29. The van der Waals surface area contributed by atoms with Gasteiger partial charge < -0.3 is 9.72 Å². The zero-order chi connectivity index (χ0) is 22.2. The molecule has 0 spiro atoms. The second kappa shape index (κ2) is 7.77. The Morgan fingerprint density at radius 1 is 1.07 bits per heavy atom. The number of methoxy groups -OCH3 is 1. The molecule has 0 saturated heterocycles. The van der Waals surface area contributed by atoms with Crippen molar-refractivity contribution in [1.29, 1.82) is 0 Å². The molecule has 3 aromatic rings. The molecule has 0 aliphatic carbocycles. The van der Waals surface area contributed by atoms with Crippen LogP contribution in [0.2, 0.25) is 0 Å². The molecule has 5 nitrogen and oxygen atoms in total. The van der Waals surface area contributed by atoms with Gasteiger partial charge in [-0.1, -0.05) is 18.2 Å². The second-order valence-electron chi connectivity index (χ2n) is 6.41. The standard InChI is InChI=1S/C20H15F5N2O3/c1-10-16(11-5-3-8-15(30-2)17(11)22)18(28)27(19(29)26-10)9-12-13(20(23,24)25)6-4-7-14(12)21/h3-8H,9H2,1-2H3,(H,26,29). The lowest BCUT2D eigenvalue weighted by Gasteiger charge is -2.16. The molecule has 1 aromatic heterocycles. The highest BCUT2D eigenvalue weighted by molar-refractivity contribution is 5.67. The summed E-state index contributed by atoms with van der Waals surface area (Å²) in [4.78, 5) is 27.6. The Labute approximate surface area is 166 Å². The smallest absolute Gasteiger partial charge is 0.416 e. The van der Waals surface area contributed by atoms with Gasteiger partial charge in [0.05, 0.1) is 24.8 Å². The Morgan fingerprint density at radius 2 is 1.73 bits per heavy atom. The van der Waals surface area contributed by atoms with Gasteiger partial charge in [0.1, 0.15) is 5.82 Å². The summed E-state index contributed by atoms with van der Waals surface area (Å²) >= 11 is 0. The predicted molar refractivity (Wildman–Crippen MR) is 98.5 cm³/mol. The van der Waals surface area contributed by atoms with E-state index in [0.29, 0.717) is 10.6 Å². The lowest BCUT2D eigenvalue weighted by atomic mass is 10.0. The summed E-state index contributed by atoms with van der Waals surface area (Å²) in [5.74, 6) is -2.29. The maximum atomic E-state index is 14.7. The molecule has 0 saturated carbocycles. The van der Waals surface area contributed by atoms with E-state index in [0.717, 1.165) is 12.1 Å². The van der Waals surface area contributed by atoms with Gasteiger partial charge in [-0.05, 0) is 25.1 Å². The van der Waals surface area contributed by atoms with Crippen LogP contribution in [0.3, 0.4) is 0 Å². The van der Waals surface area contributed by atoms with E-state index in [2.05, 4.69) is 4.98 Å². The average molecular weight is 426 g/mol. The first kappa shape index (κ1) is 21.3. The summed E-state index contributed by atoms with van der Waals surface area (Å²) in [6.07, 6.45) is -4.90. The molecule has 1 N–H and O–H groups in total. The van der Waals surface area contributed by atoms with E-state index in [-0.39, 0.29) is 22.6 Å². The monoisotopic (exact) mass is 426 g/mol. The lowest BCUT2D eigenvalue weighted by Crippen LogP contribution is -2.38. The molecule has 158 valence electrons. The highest BCUT2D eigenvalue weighted by Crippen LogP contribution is 2.33. The number of halogens is 5. The molecule has 10 heteroatoms. The minimum Gasteiger partial charge on any atom is -0.494 e. The lowest BCUT2D eigenvalue weighted by molar-refractivity contribution is -0.138. The van der Waals surface area contributed by atoms with E-state index in [9.17, 15) is 31.5 Å². The predicted octanol–water partition coefficient (Wildman–Crippen LogP) is 3.87. The molecule has 0 bridgehead atoms. The van der Waals surface area contributed by atoms with Crippen LogP contribution in [-0.4, -0.2) is 16.7 Å². The number of benzene rings is 2. The summed E-state index contributed by atoms with van der Waals surface area (Å²) in [5.41, 5.74) is -4.82. The average Bonchev–Trinajstić information content (AvgIpc) is 2.66. The second-order valence-corrected chi connectivity index (χ2v) is 6.41. The summed E-state index contributed by atoms with van der Waals surface area (Å²) < 4.78 is 74.0. The van der Waals surface area contributed by atoms with Gasteiger partial charge in [-0.3, -0.25) is 9.36 Å². The first-order valence-electron chi connectivity index (χ1n) is 8.57. The quantitative estimate of drug-likeness (QED) is 0.645. The van der Waals surface area contributed by atoms with Gasteiger partial charge >= 0.3 is 11.9 Å². The van der Waals surface area contributed by atoms with Crippen LogP contribution in [0.5, 0.6) is 5.75 Å². The largest absolute Gasteiger partial charge is 0.494 e. The minimum absolute atomic E-state index is 0.00187. The third kappa shape index (κ3) is 3.72. The number of H-pyrrole nitrogens is 1. The minimum atomic E-state index is -4.90. The number of alkyl halides is 3. The van der Waals surface area contributed by atoms with Crippen molar-refractivity contribution < 1.29 is 26.7 Å². The van der Waals surface area contributed by atoms with E-state index in [4.69, 9.17) is 4.74 Å². The van der Waals surface area contributed by atoms with Crippen LogP contribution in [0.25, 0.3) is 11.1 Å². The van der Waals surface area contributed by atoms with Gasteiger partial charge in [0.25, 0.3) is 5.56 Å². The van der Waals surface area contributed by atoms with Gasteiger partial charge in [-0.15, -0.1) is 0 Å². The van der Waals surface area contributed by atoms with Crippen molar-refractivity contribution in [3.63, 3.8) is 0 Å². The highest BCUT2D eigenvalue weighted by Gasteiger charge is 2.35. The number of hydrogen-bond acceptors (Lipinski definition) is 3. The summed E-state index contributed by atoms with van der Waals surface area (Å²) in [5, 5.41) is 0. The van der Waals surface area contributed by atoms with Crippen molar-refractivity contribution in [2.24, 2.45) is 0 Å². The van der Waals surface area contributed by atoms with Crippen LogP contribution in [-0.2, 0) is 12.7 Å². The van der Waals surface area contributed by atoms with Crippen molar-refractivity contribution in [2.45, 2.75) is 19.6 Å². The maximum absolute atomic E-state index is 14.7. The molecular weight excluding hydrogens is 411 g/mol. The molecule has 2 aromatic carbocycles. The first-order chi connectivity index (χ1) is 14.1. The Morgan fingerprint density at radius 3 is 2.37 bits per heavy atom. The molecule has 3 rings (SSSR count). The Hall–Kier alpha value is -3.43. The molecule has 0 aliphatic heterocycles. The Balaban J connectivity index is 2.25. The summed E-state index contributed by atoms with van der Waals surface area (Å²) in [6.45, 7) is 0.347. The van der Waals surface area contributed by atoms with Crippen LogP contribution in [0.1, 0.15) is 16.8 Å².